The Morgan fingerprint density at radius 1 is 1.31 bits per heavy atom. The number of aromatic nitrogens is 4. The van der Waals surface area contributed by atoms with E-state index in [4.69, 9.17) is 4.52 Å². The first kappa shape index (κ1) is 18.5. The molecule has 0 aromatic carbocycles. The lowest BCUT2D eigenvalue weighted by Gasteiger charge is -2.42. The minimum atomic E-state index is -3.62. The van der Waals surface area contributed by atoms with Crippen LogP contribution in [0.15, 0.2) is 29.2 Å². The number of nitrogens with one attached hydrogen (secondary N) is 1. The first-order valence-corrected chi connectivity index (χ1v) is 11.0. The van der Waals surface area contributed by atoms with Crippen LogP contribution in [0.1, 0.15) is 24.3 Å². The van der Waals surface area contributed by atoms with Gasteiger partial charge in [0.1, 0.15) is 17.8 Å². The largest absolute Gasteiger partial charge is 0.360 e. The van der Waals surface area contributed by atoms with Gasteiger partial charge in [-0.25, -0.2) is 9.97 Å². The van der Waals surface area contributed by atoms with Crippen molar-refractivity contribution in [2.45, 2.75) is 31.8 Å². The van der Waals surface area contributed by atoms with E-state index in [0.717, 1.165) is 35.4 Å². The minimum absolute atomic E-state index is 0.162. The van der Waals surface area contributed by atoms with Gasteiger partial charge in [0.15, 0.2) is 5.76 Å². The molecule has 0 unspecified atom stereocenters. The standard InChI is InChI=1S/C18H23N7O3S/c1-13-9-14(28-22-13)10-23(2)29(26,27)25-8-7-24(11-18(25)4-5-18)17-15-3-6-19-16(15)20-12-21-17/h3,6,9,12H,4-5,7-8,10-11H2,1-2H3,(H,19,20,21). The number of anilines is 1. The molecule has 3 aromatic rings. The molecule has 1 saturated heterocycles. The summed E-state index contributed by atoms with van der Waals surface area (Å²) in [6.07, 6.45) is 5.08. The highest BCUT2D eigenvalue weighted by atomic mass is 32.2. The Morgan fingerprint density at radius 3 is 2.86 bits per heavy atom. The second-order valence-electron chi connectivity index (χ2n) is 7.85. The van der Waals surface area contributed by atoms with Crippen LogP contribution >= 0.6 is 0 Å². The Hall–Kier alpha value is -2.50. The van der Waals surface area contributed by atoms with Crippen molar-refractivity contribution in [3.8, 4) is 0 Å². The molecule has 29 heavy (non-hydrogen) atoms. The van der Waals surface area contributed by atoms with E-state index < -0.39 is 10.2 Å². The molecule has 11 heteroatoms. The number of aryl methyl sites for hydroxylation is 1. The van der Waals surface area contributed by atoms with E-state index in [0.29, 0.717) is 25.4 Å². The molecular weight excluding hydrogens is 394 g/mol. The molecule has 154 valence electrons. The Labute approximate surface area is 168 Å². The fourth-order valence-electron chi connectivity index (χ4n) is 4.13. The number of rotatable bonds is 5. The number of fused-ring (bicyclic) bond motifs is 1. The van der Waals surface area contributed by atoms with Gasteiger partial charge in [-0.2, -0.15) is 17.0 Å². The van der Waals surface area contributed by atoms with Gasteiger partial charge in [0.05, 0.1) is 23.2 Å². The van der Waals surface area contributed by atoms with Crippen LogP contribution in [0, 0.1) is 6.92 Å². The van der Waals surface area contributed by atoms with E-state index in [2.05, 4.69) is 25.0 Å². The molecule has 2 aliphatic rings. The van der Waals surface area contributed by atoms with E-state index in [1.165, 1.54) is 4.31 Å². The molecule has 0 radical (unpaired) electrons. The van der Waals surface area contributed by atoms with Gasteiger partial charge in [0.25, 0.3) is 10.2 Å². The summed E-state index contributed by atoms with van der Waals surface area (Å²) in [6, 6.07) is 3.72. The normalized spacial score (nSPS) is 19.5. The molecule has 0 amide bonds. The van der Waals surface area contributed by atoms with Crippen molar-refractivity contribution in [2.75, 3.05) is 31.6 Å². The number of aromatic amines is 1. The van der Waals surface area contributed by atoms with Crippen LogP contribution < -0.4 is 4.90 Å². The van der Waals surface area contributed by atoms with E-state index >= 15 is 0 Å². The van der Waals surface area contributed by atoms with Crippen molar-refractivity contribution in [3.05, 3.63) is 36.1 Å². The van der Waals surface area contributed by atoms with Crippen LogP contribution in [0.2, 0.25) is 0 Å². The third-order valence-corrected chi connectivity index (χ3v) is 7.82. The molecule has 1 aliphatic carbocycles. The molecular formula is C18H23N7O3S. The Morgan fingerprint density at radius 2 is 2.14 bits per heavy atom. The van der Waals surface area contributed by atoms with E-state index in [9.17, 15) is 8.42 Å². The minimum Gasteiger partial charge on any atom is -0.360 e. The molecule has 4 heterocycles. The Bertz CT molecular complexity index is 1150. The lowest BCUT2D eigenvalue weighted by molar-refractivity contribution is 0.244. The monoisotopic (exact) mass is 417 g/mol. The van der Waals surface area contributed by atoms with Crippen LogP contribution in [-0.2, 0) is 16.8 Å². The average Bonchev–Trinajstić information content (AvgIpc) is 3.10. The van der Waals surface area contributed by atoms with Gasteiger partial charge in [0.2, 0.25) is 0 Å². The second kappa shape index (κ2) is 6.51. The zero-order valence-electron chi connectivity index (χ0n) is 16.4. The van der Waals surface area contributed by atoms with Gasteiger partial charge in [0, 0.05) is 38.9 Å². The van der Waals surface area contributed by atoms with Gasteiger partial charge in [-0.1, -0.05) is 5.16 Å². The molecule has 0 atom stereocenters. The zero-order valence-corrected chi connectivity index (χ0v) is 17.2. The first-order valence-electron chi connectivity index (χ1n) is 9.58. The van der Waals surface area contributed by atoms with E-state index in [-0.39, 0.29) is 12.1 Å². The summed E-state index contributed by atoms with van der Waals surface area (Å²) in [5, 5.41) is 4.79. The number of hydrogen-bond acceptors (Lipinski definition) is 7. The highest BCUT2D eigenvalue weighted by Gasteiger charge is 2.56. The smallest absolute Gasteiger partial charge is 0.282 e. The van der Waals surface area contributed by atoms with Gasteiger partial charge in [-0.05, 0) is 25.8 Å². The lowest BCUT2D eigenvalue weighted by atomic mass is 10.2. The van der Waals surface area contributed by atoms with Crippen molar-refractivity contribution < 1.29 is 12.9 Å². The molecule has 1 N–H and O–H groups in total. The summed E-state index contributed by atoms with van der Waals surface area (Å²) in [5.74, 6) is 1.39. The van der Waals surface area contributed by atoms with Gasteiger partial charge >= 0.3 is 0 Å². The van der Waals surface area contributed by atoms with Crippen LogP contribution in [0.5, 0.6) is 0 Å². The maximum absolute atomic E-state index is 13.3. The number of nitrogens with zero attached hydrogens (tertiary/aromatic N) is 6. The van der Waals surface area contributed by atoms with Crippen molar-refractivity contribution >= 4 is 27.1 Å². The number of piperazine rings is 1. The lowest BCUT2D eigenvalue weighted by Crippen LogP contribution is -2.59. The second-order valence-corrected chi connectivity index (χ2v) is 9.81. The van der Waals surface area contributed by atoms with Crippen molar-refractivity contribution in [1.29, 1.82) is 0 Å². The predicted molar refractivity (Wildman–Crippen MR) is 106 cm³/mol. The fourth-order valence-corrected chi connectivity index (χ4v) is 5.79. The predicted octanol–water partition coefficient (Wildman–Crippen LogP) is 1.29. The Balaban J connectivity index is 1.37. The van der Waals surface area contributed by atoms with E-state index in [1.807, 2.05) is 19.2 Å². The Kier molecular flexibility index (Phi) is 4.16. The molecule has 3 aromatic heterocycles. The van der Waals surface area contributed by atoms with Gasteiger partial charge in [-0.3, -0.25) is 0 Å². The van der Waals surface area contributed by atoms with Gasteiger partial charge in [-0.15, -0.1) is 0 Å². The molecule has 10 nitrogen and oxygen atoms in total. The summed E-state index contributed by atoms with van der Waals surface area (Å²) in [5.41, 5.74) is 1.15. The molecule has 2 fully saturated rings. The highest BCUT2D eigenvalue weighted by molar-refractivity contribution is 7.86. The molecule has 1 spiro atoms. The molecule has 1 aliphatic heterocycles. The zero-order chi connectivity index (χ0) is 20.2. The average molecular weight is 417 g/mol. The quantitative estimate of drug-likeness (QED) is 0.666. The van der Waals surface area contributed by atoms with Crippen molar-refractivity contribution in [3.63, 3.8) is 0 Å². The SMILES string of the molecule is Cc1cc(CN(C)S(=O)(=O)N2CCN(c3ncnc4[nH]ccc34)CC23CC3)on1. The summed E-state index contributed by atoms with van der Waals surface area (Å²) in [4.78, 5) is 14.0. The first-order chi connectivity index (χ1) is 13.9. The van der Waals surface area contributed by atoms with Crippen molar-refractivity contribution in [1.82, 2.24) is 28.7 Å². The molecule has 1 saturated carbocycles. The van der Waals surface area contributed by atoms with E-state index in [1.54, 1.807) is 23.7 Å². The third-order valence-electron chi connectivity index (χ3n) is 5.77. The maximum atomic E-state index is 13.3. The maximum Gasteiger partial charge on any atom is 0.282 e. The number of hydrogen-bond donors (Lipinski definition) is 1. The summed E-state index contributed by atoms with van der Waals surface area (Å²) < 4.78 is 34.8. The van der Waals surface area contributed by atoms with Crippen LogP contribution in [0.4, 0.5) is 5.82 Å². The summed E-state index contributed by atoms with van der Waals surface area (Å²) in [6.45, 7) is 3.59. The topological polar surface area (TPSA) is 111 Å². The van der Waals surface area contributed by atoms with Crippen LogP contribution in [-0.4, -0.2) is 69.4 Å². The van der Waals surface area contributed by atoms with Crippen LogP contribution in [0.3, 0.4) is 0 Å². The number of H-pyrrole nitrogens is 1. The summed E-state index contributed by atoms with van der Waals surface area (Å²) >= 11 is 0. The third kappa shape index (κ3) is 3.09. The fraction of sp³-hybridized carbons (Fsp3) is 0.500. The van der Waals surface area contributed by atoms with Crippen LogP contribution in [0.25, 0.3) is 11.0 Å². The molecule has 0 bridgehead atoms. The summed E-state index contributed by atoms with van der Waals surface area (Å²) in [7, 11) is -2.03. The molecule has 5 rings (SSSR count). The highest BCUT2D eigenvalue weighted by Crippen LogP contribution is 2.47. The van der Waals surface area contributed by atoms with Gasteiger partial charge < -0.3 is 14.4 Å². The van der Waals surface area contributed by atoms with Crippen molar-refractivity contribution in [2.24, 2.45) is 0 Å².